The monoisotopic (exact) mass is 208 g/mol. The lowest BCUT2D eigenvalue weighted by Crippen LogP contribution is -2.29. The third kappa shape index (κ3) is 2.69. The van der Waals surface area contributed by atoms with E-state index in [9.17, 15) is 4.39 Å². The molecular formula is C12H17FN2. The van der Waals surface area contributed by atoms with Crippen molar-refractivity contribution < 1.29 is 4.39 Å². The number of nitrogens with two attached hydrogens (primary N) is 1. The van der Waals surface area contributed by atoms with Crippen LogP contribution in [-0.2, 0) is 0 Å². The highest BCUT2D eigenvalue weighted by Crippen LogP contribution is 2.35. The lowest BCUT2D eigenvalue weighted by atomic mass is 10.2. The van der Waals surface area contributed by atoms with Crippen molar-refractivity contribution in [1.29, 1.82) is 0 Å². The number of halogens is 1. The lowest BCUT2D eigenvalue weighted by Gasteiger charge is -2.21. The molecule has 2 rings (SSSR count). The van der Waals surface area contributed by atoms with Crippen LogP contribution in [0.1, 0.15) is 19.3 Å². The van der Waals surface area contributed by atoms with E-state index < -0.39 is 0 Å². The van der Waals surface area contributed by atoms with Crippen molar-refractivity contribution in [2.45, 2.75) is 24.8 Å². The molecule has 2 nitrogen and oxygen atoms in total. The van der Waals surface area contributed by atoms with Crippen LogP contribution >= 0.6 is 0 Å². The second kappa shape index (κ2) is 3.81. The Kier molecular flexibility index (Phi) is 2.65. The van der Waals surface area contributed by atoms with Gasteiger partial charge in [0.05, 0.1) is 0 Å². The first kappa shape index (κ1) is 10.4. The van der Waals surface area contributed by atoms with Gasteiger partial charge in [0, 0.05) is 24.8 Å². The molecule has 0 aromatic heterocycles. The summed E-state index contributed by atoms with van der Waals surface area (Å²) >= 11 is 0. The molecule has 0 unspecified atom stereocenters. The normalized spacial score (nSPS) is 17.5. The summed E-state index contributed by atoms with van der Waals surface area (Å²) in [5.41, 5.74) is 7.14. The molecule has 0 heterocycles. The van der Waals surface area contributed by atoms with Crippen LogP contribution in [0.15, 0.2) is 24.3 Å². The van der Waals surface area contributed by atoms with Crippen molar-refractivity contribution in [3.8, 4) is 0 Å². The van der Waals surface area contributed by atoms with Gasteiger partial charge < -0.3 is 10.6 Å². The standard InChI is InChI=1S/C12H17FN2/c1-15(9-8-12(14)6-7-12)11-4-2-10(13)3-5-11/h2-5H,6-9,14H2,1H3. The second-order valence-electron chi connectivity index (χ2n) is 4.51. The smallest absolute Gasteiger partial charge is 0.123 e. The van der Waals surface area contributed by atoms with E-state index in [1.165, 1.54) is 12.1 Å². The summed E-state index contributed by atoms with van der Waals surface area (Å²) in [6.45, 7) is 0.933. The van der Waals surface area contributed by atoms with Gasteiger partial charge in [-0.25, -0.2) is 4.39 Å². The summed E-state index contributed by atoms with van der Waals surface area (Å²) in [4.78, 5) is 2.12. The van der Waals surface area contributed by atoms with Crippen molar-refractivity contribution >= 4 is 5.69 Å². The van der Waals surface area contributed by atoms with Gasteiger partial charge in [-0.05, 0) is 43.5 Å². The fraction of sp³-hybridized carbons (Fsp3) is 0.500. The fourth-order valence-electron chi connectivity index (χ4n) is 1.63. The Morgan fingerprint density at radius 2 is 1.93 bits per heavy atom. The summed E-state index contributed by atoms with van der Waals surface area (Å²) in [5.74, 6) is -0.190. The molecule has 0 aliphatic heterocycles. The van der Waals surface area contributed by atoms with E-state index in [2.05, 4.69) is 4.90 Å². The van der Waals surface area contributed by atoms with Gasteiger partial charge in [0.1, 0.15) is 5.82 Å². The molecule has 82 valence electrons. The van der Waals surface area contributed by atoms with Gasteiger partial charge in [-0.3, -0.25) is 0 Å². The molecule has 0 atom stereocenters. The van der Waals surface area contributed by atoms with E-state index >= 15 is 0 Å². The third-order valence-corrected chi connectivity index (χ3v) is 3.10. The molecule has 2 N–H and O–H groups in total. The first-order chi connectivity index (χ1) is 7.09. The van der Waals surface area contributed by atoms with Crippen LogP contribution in [0, 0.1) is 5.82 Å². The van der Waals surface area contributed by atoms with Crippen LogP contribution in [0.25, 0.3) is 0 Å². The van der Waals surface area contributed by atoms with Crippen LogP contribution in [0.5, 0.6) is 0 Å². The largest absolute Gasteiger partial charge is 0.375 e. The van der Waals surface area contributed by atoms with Gasteiger partial charge in [-0.2, -0.15) is 0 Å². The maximum absolute atomic E-state index is 12.7. The topological polar surface area (TPSA) is 29.3 Å². The molecule has 0 amide bonds. The number of nitrogens with zero attached hydrogens (tertiary/aromatic N) is 1. The number of rotatable bonds is 4. The van der Waals surface area contributed by atoms with Gasteiger partial charge in [0.15, 0.2) is 0 Å². The predicted octanol–water partition coefficient (Wildman–Crippen LogP) is 2.14. The van der Waals surface area contributed by atoms with Gasteiger partial charge in [0.2, 0.25) is 0 Å². The van der Waals surface area contributed by atoms with Gasteiger partial charge >= 0.3 is 0 Å². The summed E-state index contributed by atoms with van der Waals surface area (Å²) < 4.78 is 12.7. The maximum atomic E-state index is 12.7. The first-order valence-corrected chi connectivity index (χ1v) is 5.35. The van der Waals surface area contributed by atoms with Crippen LogP contribution in [0.2, 0.25) is 0 Å². The molecule has 1 aliphatic rings. The van der Waals surface area contributed by atoms with Gasteiger partial charge in [-0.1, -0.05) is 0 Å². The van der Waals surface area contributed by atoms with E-state index in [4.69, 9.17) is 5.73 Å². The Balaban J connectivity index is 1.89. The zero-order chi connectivity index (χ0) is 10.9. The summed E-state index contributed by atoms with van der Waals surface area (Å²) in [6, 6.07) is 6.57. The lowest BCUT2D eigenvalue weighted by molar-refractivity contribution is 0.605. The molecule has 0 bridgehead atoms. The van der Waals surface area contributed by atoms with E-state index in [0.29, 0.717) is 0 Å². The van der Waals surface area contributed by atoms with Crippen molar-refractivity contribution in [1.82, 2.24) is 0 Å². The molecule has 1 saturated carbocycles. The molecule has 15 heavy (non-hydrogen) atoms. The van der Waals surface area contributed by atoms with Crippen LogP contribution in [0.4, 0.5) is 10.1 Å². The van der Waals surface area contributed by atoms with Crippen molar-refractivity contribution in [2.24, 2.45) is 5.73 Å². The predicted molar refractivity (Wildman–Crippen MR) is 60.4 cm³/mol. The SMILES string of the molecule is CN(CCC1(N)CC1)c1ccc(F)cc1. The Morgan fingerprint density at radius 3 is 2.47 bits per heavy atom. The highest BCUT2D eigenvalue weighted by atomic mass is 19.1. The van der Waals surface area contributed by atoms with E-state index in [-0.39, 0.29) is 11.4 Å². The number of hydrogen-bond donors (Lipinski definition) is 1. The van der Waals surface area contributed by atoms with Gasteiger partial charge in [0.25, 0.3) is 0 Å². The van der Waals surface area contributed by atoms with Crippen LogP contribution in [0.3, 0.4) is 0 Å². The minimum atomic E-state index is -0.190. The quantitative estimate of drug-likeness (QED) is 0.821. The van der Waals surface area contributed by atoms with Crippen molar-refractivity contribution in [2.75, 3.05) is 18.5 Å². The average molecular weight is 208 g/mol. The molecule has 1 aromatic carbocycles. The Labute approximate surface area is 89.9 Å². The molecule has 0 radical (unpaired) electrons. The number of anilines is 1. The molecule has 3 heteroatoms. The summed E-state index contributed by atoms with van der Waals surface area (Å²) in [5, 5.41) is 0. The van der Waals surface area contributed by atoms with Crippen LogP contribution in [-0.4, -0.2) is 19.1 Å². The van der Waals surface area contributed by atoms with Crippen molar-refractivity contribution in [3.63, 3.8) is 0 Å². The Morgan fingerprint density at radius 1 is 1.33 bits per heavy atom. The fourth-order valence-corrected chi connectivity index (χ4v) is 1.63. The zero-order valence-corrected chi connectivity index (χ0v) is 9.04. The number of benzene rings is 1. The summed E-state index contributed by atoms with van der Waals surface area (Å²) in [7, 11) is 2.01. The van der Waals surface area contributed by atoms with E-state index in [1.54, 1.807) is 12.1 Å². The maximum Gasteiger partial charge on any atom is 0.123 e. The Hall–Kier alpha value is -1.09. The average Bonchev–Trinajstić information content (AvgIpc) is 2.95. The first-order valence-electron chi connectivity index (χ1n) is 5.35. The van der Waals surface area contributed by atoms with E-state index in [1.807, 2.05) is 7.05 Å². The summed E-state index contributed by atoms with van der Waals surface area (Å²) in [6.07, 6.45) is 3.30. The molecular weight excluding hydrogens is 191 g/mol. The molecule has 1 aromatic rings. The highest BCUT2D eigenvalue weighted by Gasteiger charge is 2.37. The number of hydrogen-bond acceptors (Lipinski definition) is 2. The highest BCUT2D eigenvalue weighted by molar-refractivity contribution is 5.45. The second-order valence-corrected chi connectivity index (χ2v) is 4.51. The minimum Gasteiger partial charge on any atom is -0.375 e. The van der Waals surface area contributed by atoms with Crippen molar-refractivity contribution in [3.05, 3.63) is 30.1 Å². The molecule has 1 aliphatic carbocycles. The van der Waals surface area contributed by atoms with E-state index in [0.717, 1.165) is 31.5 Å². The van der Waals surface area contributed by atoms with Crippen LogP contribution < -0.4 is 10.6 Å². The molecule has 1 fully saturated rings. The minimum absolute atomic E-state index is 0.0916. The third-order valence-electron chi connectivity index (χ3n) is 3.10. The Bertz CT molecular complexity index is 330. The molecule has 0 spiro atoms. The molecule has 0 saturated heterocycles. The zero-order valence-electron chi connectivity index (χ0n) is 9.04. The van der Waals surface area contributed by atoms with Gasteiger partial charge in [-0.15, -0.1) is 0 Å².